The van der Waals surface area contributed by atoms with Gasteiger partial charge >= 0.3 is 0 Å². The topological polar surface area (TPSA) is 59.8 Å². The Morgan fingerprint density at radius 1 is 1.14 bits per heavy atom. The highest BCUT2D eigenvalue weighted by molar-refractivity contribution is 8.00. The van der Waals surface area contributed by atoms with Gasteiger partial charge in [0.2, 0.25) is 5.91 Å². The van der Waals surface area contributed by atoms with E-state index in [1.54, 1.807) is 18.2 Å². The van der Waals surface area contributed by atoms with E-state index in [-0.39, 0.29) is 5.91 Å². The van der Waals surface area contributed by atoms with Gasteiger partial charge in [-0.25, -0.2) is 0 Å². The van der Waals surface area contributed by atoms with Crippen LogP contribution in [-0.2, 0) is 4.79 Å². The molecule has 1 heterocycles. The Kier molecular flexibility index (Phi) is 5.62. The van der Waals surface area contributed by atoms with Crippen LogP contribution < -0.4 is 5.32 Å². The second kappa shape index (κ2) is 8.15. The van der Waals surface area contributed by atoms with Crippen molar-refractivity contribution in [2.24, 2.45) is 0 Å². The third kappa shape index (κ3) is 4.04. The zero-order chi connectivity index (χ0) is 19.7. The number of amides is 1. The smallest absolute Gasteiger partial charge is 0.237 e. The van der Waals surface area contributed by atoms with Gasteiger partial charge in [0.25, 0.3) is 0 Å². The van der Waals surface area contributed by atoms with Crippen molar-refractivity contribution < 1.29 is 4.79 Å². The summed E-state index contributed by atoms with van der Waals surface area (Å²) in [5, 5.41) is 12.6. The summed E-state index contributed by atoms with van der Waals surface area (Å²) in [4.78, 5) is 12.7. The molecule has 28 heavy (non-hydrogen) atoms. The van der Waals surface area contributed by atoms with Gasteiger partial charge in [-0.1, -0.05) is 59.2 Å². The Bertz CT molecular complexity index is 1000. The van der Waals surface area contributed by atoms with Crippen LogP contribution >= 0.6 is 35.0 Å². The maximum absolute atomic E-state index is 12.7. The fourth-order valence-corrected chi connectivity index (χ4v) is 4.05. The van der Waals surface area contributed by atoms with Crippen LogP contribution in [0.4, 0.5) is 5.69 Å². The average molecular weight is 433 g/mol. The third-order valence-corrected chi connectivity index (χ3v) is 6.34. The van der Waals surface area contributed by atoms with E-state index in [0.717, 1.165) is 24.4 Å². The number of anilines is 1. The minimum Gasteiger partial charge on any atom is -0.324 e. The number of para-hydroxylation sites is 1. The predicted molar refractivity (Wildman–Crippen MR) is 114 cm³/mol. The molecule has 1 aromatic heterocycles. The number of carbonyl (C=O) groups is 1. The Balaban J connectivity index is 1.55. The molecule has 4 rings (SSSR count). The van der Waals surface area contributed by atoms with Crippen molar-refractivity contribution in [1.82, 2.24) is 14.8 Å². The molecular weight excluding hydrogens is 415 g/mol. The summed E-state index contributed by atoms with van der Waals surface area (Å²) in [6.45, 7) is 1.83. The Labute approximate surface area is 177 Å². The predicted octanol–water partition coefficient (Wildman–Crippen LogP) is 5.57. The minimum atomic E-state index is -0.395. The summed E-state index contributed by atoms with van der Waals surface area (Å²) in [6, 6.07) is 15.1. The van der Waals surface area contributed by atoms with E-state index < -0.39 is 5.25 Å². The van der Waals surface area contributed by atoms with Crippen molar-refractivity contribution in [2.45, 2.75) is 36.1 Å². The van der Waals surface area contributed by atoms with Gasteiger partial charge in [0, 0.05) is 11.6 Å². The number of rotatable bonds is 6. The van der Waals surface area contributed by atoms with Gasteiger partial charge in [-0.15, -0.1) is 10.2 Å². The minimum absolute atomic E-state index is 0.176. The summed E-state index contributed by atoms with van der Waals surface area (Å²) < 4.78 is 2.05. The molecule has 1 aliphatic carbocycles. The van der Waals surface area contributed by atoms with E-state index in [9.17, 15) is 4.79 Å². The fourth-order valence-electron chi connectivity index (χ4n) is 2.83. The van der Waals surface area contributed by atoms with Gasteiger partial charge in [-0.05, 0) is 44.0 Å². The lowest BCUT2D eigenvalue weighted by atomic mass is 10.3. The van der Waals surface area contributed by atoms with Gasteiger partial charge in [0.15, 0.2) is 5.16 Å². The normalized spacial score (nSPS) is 14.7. The van der Waals surface area contributed by atoms with Crippen LogP contribution in [0.2, 0.25) is 10.0 Å². The van der Waals surface area contributed by atoms with Gasteiger partial charge < -0.3 is 5.32 Å². The van der Waals surface area contributed by atoms with Gasteiger partial charge in [-0.2, -0.15) is 0 Å². The first kappa shape index (κ1) is 19.3. The molecule has 0 spiro atoms. The number of aromatic nitrogens is 3. The maximum atomic E-state index is 12.7. The molecule has 0 radical (unpaired) electrons. The van der Waals surface area contributed by atoms with E-state index in [0.29, 0.717) is 26.8 Å². The largest absolute Gasteiger partial charge is 0.324 e. The van der Waals surface area contributed by atoms with E-state index >= 15 is 0 Å². The summed E-state index contributed by atoms with van der Waals surface area (Å²) >= 11 is 13.6. The number of hydrogen-bond acceptors (Lipinski definition) is 4. The molecule has 1 amide bonds. The van der Waals surface area contributed by atoms with Crippen LogP contribution in [0, 0.1) is 0 Å². The molecule has 8 heteroatoms. The Morgan fingerprint density at radius 3 is 2.61 bits per heavy atom. The van der Waals surface area contributed by atoms with Crippen molar-refractivity contribution in [1.29, 1.82) is 0 Å². The average Bonchev–Trinajstić information content (AvgIpc) is 3.46. The number of hydrogen-bond donors (Lipinski definition) is 1. The lowest BCUT2D eigenvalue weighted by Crippen LogP contribution is -2.23. The molecule has 5 nitrogen and oxygen atoms in total. The number of carbonyl (C=O) groups excluding carboxylic acids is 1. The molecule has 1 N–H and O–H groups in total. The lowest BCUT2D eigenvalue weighted by Gasteiger charge is -2.14. The monoisotopic (exact) mass is 432 g/mol. The Morgan fingerprint density at radius 2 is 1.89 bits per heavy atom. The highest BCUT2D eigenvalue weighted by atomic mass is 35.5. The molecule has 2 aromatic carbocycles. The molecule has 0 saturated heterocycles. The fraction of sp³-hybridized carbons (Fsp3) is 0.250. The van der Waals surface area contributed by atoms with Crippen molar-refractivity contribution in [2.75, 3.05) is 5.32 Å². The SMILES string of the molecule is CC(Sc1nnc(C2CC2)n1-c1ccccc1)C(=O)Nc1cccc(Cl)c1Cl. The molecule has 1 fully saturated rings. The van der Waals surface area contributed by atoms with Gasteiger partial charge in [0.05, 0.1) is 21.0 Å². The number of nitrogens with zero attached hydrogens (tertiary/aromatic N) is 3. The van der Waals surface area contributed by atoms with Crippen molar-refractivity contribution in [3.63, 3.8) is 0 Å². The number of halogens is 2. The highest BCUT2D eigenvalue weighted by Crippen LogP contribution is 2.41. The molecule has 144 valence electrons. The molecule has 1 aliphatic rings. The molecule has 1 atom stereocenters. The lowest BCUT2D eigenvalue weighted by molar-refractivity contribution is -0.115. The number of thioether (sulfide) groups is 1. The first-order valence-corrected chi connectivity index (χ1v) is 10.6. The van der Waals surface area contributed by atoms with Crippen LogP contribution in [0.15, 0.2) is 53.7 Å². The van der Waals surface area contributed by atoms with E-state index in [1.165, 1.54) is 11.8 Å². The number of nitrogens with one attached hydrogen (secondary N) is 1. The van der Waals surface area contributed by atoms with Crippen molar-refractivity contribution in [3.05, 3.63) is 64.4 Å². The summed E-state index contributed by atoms with van der Waals surface area (Å²) in [5.41, 5.74) is 1.50. The van der Waals surface area contributed by atoms with Gasteiger partial charge in [-0.3, -0.25) is 9.36 Å². The number of benzene rings is 2. The van der Waals surface area contributed by atoms with E-state index in [1.807, 2.05) is 37.3 Å². The van der Waals surface area contributed by atoms with Crippen LogP contribution in [0.1, 0.15) is 31.5 Å². The van der Waals surface area contributed by atoms with Crippen LogP contribution in [0.5, 0.6) is 0 Å². The second-order valence-electron chi connectivity index (χ2n) is 6.64. The standard InChI is InChI=1S/C20H18Cl2N4OS/c1-12(19(27)23-16-9-5-8-15(21)17(16)22)28-20-25-24-18(13-10-11-13)26(20)14-6-3-2-4-7-14/h2-9,12-13H,10-11H2,1H3,(H,23,27). The van der Waals surface area contributed by atoms with Crippen LogP contribution in [-0.4, -0.2) is 25.9 Å². The molecule has 1 saturated carbocycles. The van der Waals surface area contributed by atoms with Crippen molar-refractivity contribution in [3.8, 4) is 5.69 Å². The maximum Gasteiger partial charge on any atom is 0.237 e. The molecular formula is C20H18Cl2N4OS. The summed E-state index contributed by atoms with van der Waals surface area (Å²) in [5.74, 6) is 1.22. The first-order chi connectivity index (χ1) is 13.5. The third-order valence-electron chi connectivity index (χ3n) is 4.48. The molecule has 1 unspecified atom stereocenters. The second-order valence-corrected chi connectivity index (χ2v) is 8.73. The summed E-state index contributed by atoms with van der Waals surface area (Å²) in [7, 11) is 0. The molecule has 0 bridgehead atoms. The molecule has 3 aromatic rings. The zero-order valence-corrected chi connectivity index (χ0v) is 17.4. The molecule has 0 aliphatic heterocycles. The van der Waals surface area contributed by atoms with Crippen LogP contribution in [0.3, 0.4) is 0 Å². The first-order valence-electron chi connectivity index (χ1n) is 8.97. The zero-order valence-electron chi connectivity index (χ0n) is 15.1. The van der Waals surface area contributed by atoms with Crippen LogP contribution in [0.25, 0.3) is 5.69 Å². The van der Waals surface area contributed by atoms with E-state index in [2.05, 4.69) is 20.1 Å². The quantitative estimate of drug-likeness (QED) is 0.517. The summed E-state index contributed by atoms with van der Waals surface area (Å²) in [6.07, 6.45) is 2.25. The Hall–Kier alpha value is -2.02. The van der Waals surface area contributed by atoms with Crippen molar-refractivity contribution >= 4 is 46.6 Å². The highest BCUT2D eigenvalue weighted by Gasteiger charge is 2.32. The van der Waals surface area contributed by atoms with E-state index in [4.69, 9.17) is 23.2 Å². The van der Waals surface area contributed by atoms with Gasteiger partial charge in [0.1, 0.15) is 5.82 Å².